The molecule has 0 unspecified atom stereocenters. The molecule has 1 heterocycles. The molecule has 0 aromatic rings. The molecule has 0 aliphatic carbocycles. The van der Waals surface area contributed by atoms with Crippen molar-refractivity contribution in [1.82, 2.24) is 4.90 Å². The van der Waals surface area contributed by atoms with Gasteiger partial charge in [-0.3, -0.25) is 0 Å². The summed E-state index contributed by atoms with van der Waals surface area (Å²) in [6.45, 7) is 11.0. The number of hydrogen-bond donors (Lipinski definition) is 0. The van der Waals surface area contributed by atoms with Crippen LogP contribution in [0.5, 0.6) is 0 Å². The van der Waals surface area contributed by atoms with E-state index in [1.807, 2.05) is 0 Å². The van der Waals surface area contributed by atoms with Crippen LogP contribution in [0.4, 0.5) is 0 Å². The van der Waals surface area contributed by atoms with E-state index in [0.717, 1.165) is 0 Å². The van der Waals surface area contributed by atoms with E-state index in [1.54, 1.807) is 0 Å². The van der Waals surface area contributed by atoms with Gasteiger partial charge in [0.2, 0.25) is 0 Å². The third kappa shape index (κ3) is 4.52. The van der Waals surface area contributed by atoms with E-state index in [9.17, 15) is 0 Å². The predicted octanol–water partition coefficient (Wildman–Crippen LogP) is 3.69. The van der Waals surface area contributed by atoms with E-state index in [1.165, 1.54) is 50.6 Å². The SMILES string of the molecule is C/C=C\[Si](CCC)(CCC)CCN1CC1. The van der Waals surface area contributed by atoms with Crippen LogP contribution in [0.25, 0.3) is 0 Å². The summed E-state index contributed by atoms with van der Waals surface area (Å²) in [5.41, 5.74) is 2.61. The van der Waals surface area contributed by atoms with Crippen LogP contribution in [-0.4, -0.2) is 32.6 Å². The van der Waals surface area contributed by atoms with Crippen molar-refractivity contribution in [3.05, 3.63) is 11.8 Å². The fourth-order valence-corrected chi connectivity index (χ4v) is 7.36. The summed E-state index contributed by atoms with van der Waals surface area (Å²) in [5, 5.41) is 0. The molecular weight excluding hydrogens is 198 g/mol. The Bertz CT molecular complexity index is 191. The van der Waals surface area contributed by atoms with Gasteiger partial charge in [-0.2, -0.15) is 0 Å². The van der Waals surface area contributed by atoms with E-state index >= 15 is 0 Å². The van der Waals surface area contributed by atoms with Gasteiger partial charge < -0.3 is 4.90 Å². The molecule has 0 N–H and O–H groups in total. The van der Waals surface area contributed by atoms with Gasteiger partial charge in [0.05, 0.1) is 8.07 Å². The van der Waals surface area contributed by atoms with Gasteiger partial charge >= 0.3 is 0 Å². The first-order valence-corrected chi connectivity index (χ1v) is 9.32. The molecule has 2 heteroatoms. The van der Waals surface area contributed by atoms with Crippen LogP contribution >= 0.6 is 0 Å². The number of allylic oxidation sites excluding steroid dienone is 1. The van der Waals surface area contributed by atoms with E-state index < -0.39 is 8.07 Å². The number of hydrogen-bond acceptors (Lipinski definition) is 1. The average molecular weight is 225 g/mol. The summed E-state index contributed by atoms with van der Waals surface area (Å²) in [6, 6.07) is 4.50. The first-order chi connectivity index (χ1) is 7.26. The third-order valence-corrected chi connectivity index (χ3v) is 8.73. The highest BCUT2D eigenvalue weighted by Crippen LogP contribution is 2.27. The van der Waals surface area contributed by atoms with Gasteiger partial charge in [-0.15, -0.1) is 0 Å². The van der Waals surface area contributed by atoms with Crippen LogP contribution in [0.1, 0.15) is 33.6 Å². The van der Waals surface area contributed by atoms with Crippen molar-refractivity contribution in [2.45, 2.75) is 51.7 Å². The highest BCUT2D eigenvalue weighted by Gasteiger charge is 2.29. The van der Waals surface area contributed by atoms with Gasteiger partial charge in [0.1, 0.15) is 0 Å². The molecule has 0 spiro atoms. The van der Waals surface area contributed by atoms with Crippen LogP contribution in [0.15, 0.2) is 11.8 Å². The lowest BCUT2D eigenvalue weighted by Crippen LogP contribution is -2.33. The fraction of sp³-hybridized carbons (Fsp3) is 0.846. The molecular formula is C13H27NSi. The second kappa shape index (κ2) is 6.49. The highest BCUT2D eigenvalue weighted by molar-refractivity contribution is 6.84. The average Bonchev–Trinajstić information content (AvgIpc) is 2.99. The lowest BCUT2D eigenvalue weighted by Gasteiger charge is -2.28. The van der Waals surface area contributed by atoms with Gasteiger partial charge in [-0.25, -0.2) is 0 Å². The summed E-state index contributed by atoms with van der Waals surface area (Å²) in [5.74, 6) is 0. The van der Waals surface area contributed by atoms with Crippen molar-refractivity contribution in [2.24, 2.45) is 0 Å². The van der Waals surface area contributed by atoms with Crippen molar-refractivity contribution in [3.8, 4) is 0 Å². The van der Waals surface area contributed by atoms with E-state index in [4.69, 9.17) is 0 Å². The second-order valence-corrected chi connectivity index (χ2v) is 9.51. The molecule has 1 rings (SSSR count). The Kier molecular flexibility index (Phi) is 5.62. The van der Waals surface area contributed by atoms with Crippen LogP contribution < -0.4 is 0 Å². The minimum absolute atomic E-state index is 1.04. The molecule has 0 atom stereocenters. The number of nitrogens with zero attached hydrogens (tertiary/aromatic N) is 1. The van der Waals surface area contributed by atoms with Gasteiger partial charge in [0, 0.05) is 13.1 Å². The van der Waals surface area contributed by atoms with Crippen LogP contribution in [0.2, 0.25) is 18.1 Å². The maximum atomic E-state index is 2.61. The Balaban J connectivity index is 2.51. The zero-order chi connectivity index (χ0) is 11.1. The lowest BCUT2D eigenvalue weighted by molar-refractivity contribution is 0.588. The van der Waals surface area contributed by atoms with E-state index in [-0.39, 0.29) is 0 Å². The largest absolute Gasteiger partial charge is 0.301 e. The lowest BCUT2D eigenvalue weighted by atomic mass is 10.6. The van der Waals surface area contributed by atoms with Crippen molar-refractivity contribution in [3.63, 3.8) is 0 Å². The molecule has 1 nitrogen and oxygen atoms in total. The first-order valence-electron chi connectivity index (χ1n) is 6.62. The van der Waals surface area contributed by atoms with Crippen LogP contribution in [0.3, 0.4) is 0 Å². The van der Waals surface area contributed by atoms with Crippen LogP contribution in [0, 0.1) is 0 Å². The quantitative estimate of drug-likeness (QED) is 0.450. The van der Waals surface area contributed by atoms with E-state index in [2.05, 4.69) is 37.4 Å². The molecule has 1 saturated heterocycles. The van der Waals surface area contributed by atoms with Gasteiger partial charge in [-0.1, -0.05) is 50.6 Å². The summed E-state index contributed by atoms with van der Waals surface area (Å²) in [4.78, 5) is 2.58. The zero-order valence-corrected chi connectivity index (χ0v) is 11.8. The standard InChI is InChI=1S/C13H27NSi/c1-4-10-15(11-5-2,12-6-3)13-9-14-7-8-14/h4,10H,5-9,11-13H2,1-3H3/b10-4-. The second-order valence-electron chi connectivity index (χ2n) is 4.95. The zero-order valence-electron chi connectivity index (χ0n) is 10.8. The minimum atomic E-state index is -1.04. The third-order valence-electron chi connectivity index (χ3n) is 3.48. The Hall–Kier alpha value is -0.0831. The van der Waals surface area contributed by atoms with Crippen molar-refractivity contribution >= 4 is 8.07 Å². The highest BCUT2D eigenvalue weighted by atomic mass is 28.3. The molecule has 0 aromatic heterocycles. The van der Waals surface area contributed by atoms with Crippen molar-refractivity contribution in [2.75, 3.05) is 19.6 Å². The molecule has 88 valence electrons. The summed E-state index contributed by atoms with van der Waals surface area (Å²) < 4.78 is 0. The van der Waals surface area contributed by atoms with Crippen molar-refractivity contribution in [1.29, 1.82) is 0 Å². The van der Waals surface area contributed by atoms with Gasteiger partial charge in [0.25, 0.3) is 0 Å². The molecule has 0 aromatic carbocycles. The monoisotopic (exact) mass is 225 g/mol. The summed E-state index contributed by atoms with van der Waals surface area (Å²) in [7, 11) is -1.04. The van der Waals surface area contributed by atoms with Crippen molar-refractivity contribution < 1.29 is 0 Å². The van der Waals surface area contributed by atoms with E-state index in [0.29, 0.717) is 0 Å². The van der Waals surface area contributed by atoms with Gasteiger partial charge in [0.15, 0.2) is 0 Å². The molecule has 0 bridgehead atoms. The Morgan fingerprint density at radius 3 is 2.07 bits per heavy atom. The molecule has 0 saturated carbocycles. The van der Waals surface area contributed by atoms with Gasteiger partial charge in [-0.05, 0) is 19.5 Å². The van der Waals surface area contributed by atoms with Crippen LogP contribution in [-0.2, 0) is 0 Å². The maximum absolute atomic E-state index is 2.61. The Labute approximate surface area is 96.6 Å². The molecule has 1 fully saturated rings. The molecule has 1 aliphatic rings. The predicted molar refractivity (Wildman–Crippen MR) is 72.0 cm³/mol. The summed E-state index contributed by atoms with van der Waals surface area (Å²) >= 11 is 0. The Morgan fingerprint density at radius 2 is 1.67 bits per heavy atom. The topological polar surface area (TPSA) is 3.01 Å². The number of rotatable bonds is 8. The normalized spacial score (nSPS) is 17.5. The Morgan fingerprint density at radius 1 is 1.07 bits per heavy atom. The molecule has 0 radical (unpaired) electrons. The molecule has 15 heavy (non-hydrogen) atoms. The maximum Gasteiger partial charge on any atom is 0.0786 e. The first kappa shape index (κ1) is 13.0. The summed E-state index contributed by atoms with van der Waals surface area (Å²) in [6.07, 6.45) is 5.06. The smallest absolute Gasteiger partial charge is 0.0786 e. The molecule has 1 aliphatic heterocycles. The minimum Gasteiger partial charge on any atom is -0.301 e. The molecule has 0 amide bonds. The fourth-order valence-electron chi connectivity index (χ4n) is 2.65.